The van der Waals surface area contributed by atoms with Crippen LogP contribution < -0.4 is 5.32 Å². The van der Waals surface area contributed by atoms with Gasteiger partial charge in [-0.15, -0.1) is 0 Å². The molecule has 2 aliphatic rings. The molecule has 0 fully saturated rings. The van der Waals surface area contributed by atoms with Crippen LogP contribution in [0.15, 0.2) is 65.9 Å². The first kappa shape index (κ1) is 18.8. The summed E-state index contributed by atoms with van der Waals surface area (Å²) in [6.07, 6.45) is 1.34. The van der Waals surface area contributed by atoms with Crippen molar-refractivity contribution in [1.29, 1.82) is 0 Å². The molecular weight excluding hydrogens is 377 g/mol. The number of Topliss-reactive ketones (excluding diaryl/α,β-unsaturated/α-hetero) is 1. The highest BCUT2D eigenvalue weighted by atomic mass is 19.1. The maximum absolute atomic E-state index is 13.5. The summed E-state index contributed by atoms with van der Waals surface area (Å²) < 4.78 is 15.3. The van der Waals surface area contributed by atoms with Gasteiger partial charge < -0.3 is 5.32 Å². The summed E-state index contributed by atoms with van der Waals surface area (Å²) in [5, 5.41) is 8.33. The van der Waals surface area contributed by atoms with Gasteiger partial charge in [0.1, 0.15) is 11.6 Å². The number of anilines is 1. The van der Waals surface area contributed by atoms with Crippen LogP contribution in [-0.4, -0.2) is 15.6 Å². The SMILES string of the molecule is Cc1nn(-c2ccc(F)cc2)c2c1[C@H](c1ccccc1)C1=C(CC(C)(C)CC1=O)N2. The lowest BCUT2D eigenvalue weighted by Gasteiger charge is -2.38. The number of benzene rings is 2. The van der Waals surface area contributed by atoms with E-state index in [4.69, 9.17) is 5.10 Å². The van der Waals surface area contributed by atoms with Crippen LogP contribution in [0.2, 0.25) is 0 Å². The van der Waals surface area contributed by atoms with E-state index < -0.39 is 0 Å². The number of nitrogens with one attached hydrogen (secondary N) is 1. The van der Waals surface area contributed by atoms with Gasteiger partial charge in [-0.05, 0) is 48.6 Å². The third-order valence-electron chi connectivity index (χ3n) is 6.08. The van der Waals surface area contributed by atoms with Gasteiger partial charge in [-0.1, -0.05) is 44.2 Å². The van der Waals surface area contributed by atoms with Crippen molar-refractivity contribution in [2.24, 2.45) is 5.41 Å². The molecule has 2 heterocycles. The molecule has 5 rings (SSSR count). The molecule has 152 valence electrons. The topological polar surface area (TPSA) is 46.9 Å². The Bertz CT molecular complexity index is 1170. The second kappa shape index (κ2) is 6.66. The fraction of sp³-hybridized carbons (Fsp3) is 0.280. The molecule has 0 saturated carbocycles. The molecule has 1 N–H and O–H groups in total. The molecule has 0 amide bonds. The van der Waals surface area contributed by atoms with Crippen LogP contribution in [0.1, 0.15) is 49.4 Å². The molecule has 5 heteroatoms. The number of carbonyl (C=O) groups excluding carboxylic acids is 1. The van der Waals surface area contributed by atoms with Gasteiger partial charge in [-0.2, -0.15) is 5.10 Å². The zero-order chi connectivity index (χ0) is 21.0. The first-order valence-electron chi connectivity index (χ1n) is 10.3. The Balaban J connectivity index is 1.75. The maximum Gasteiger partial charge on any atom is 0.162 e. The predicted molar refractivity (Wildman–Crippen MR) is 115 cm³/mol. The van der Waals surface area contributed by atoms with Crippen LogP contribution in [0.5, 0.6) is 0 Å². The van der Waals surface area contributed by atoms with E-state index in [1.807, 2.05) is 29.8 Å². The van der Waals surface area contributed by atoms with E-state index in [0.717, 1.165) is 46.0 Å². The average Bonchev–Trinajstić information content (AvgIpc) is 3.03. The van der Waals surface area contributed by atoms with E-state index in [2.05, 4.69) is 31.3 Å². The van der Waals surface area contributed by atoms with Crippen LogP contribution >= 0.6 is 0 Å². The van der Waals surface area contributed by atoms with Crippen LogP contribution in [0.4, 0.5) is 10.2 Å². The molecule has 0 unspecified atom stereocenters. The zero-order valence-electron chi connectivity index (χ0n) is 17.4. The van der Waals surface area contributed by atoms with Crippen LogP contribution in [-0.2, 0) is 4.79 Å². The second-order valence-corrected chi connectivity index (χ2v) is 9.04. The third kappa shape index (κ3) is 2.96. The summed E-state index contributed by atoms with van der Waals surface area (Å²) in [6, 6.07) is 16.5. The number of allylic oxidation sites excluding steroid dienone is 2. The first-order valence-corrected chi connectivity index (χ1v) is 10.3. The van der Waals surface area contributed by atoms with E-state index in [1.54, 1.807) is 12.1 Å². The molecule has 1 aliphatic carbocycles. The Labute approximate surface area is 175 Å². The minimum Gasteiger partial charge on any atom is -0.343 e. The number of aryl methyl sites for hydroxylation is 1. The van der Waals surface area contributed by atoms with Gasteiger partial charge in [0.25, 0.3) is 0 Å². The normalized spacial score (nSPS) is 19.9. The van der Waals surface area contributed by atoms with Crippen molar-refractivity contribution in [2.75, 3.05) is 5.32 Å². The minimum atomic E-state index is -0.281. The Kier molecular flexibility index (Phi) is 4.17. The minimum absolute atomic E-state index is 0.0998. The molecule has 0 spiro atoms. The lowest BCUT2D eigenvalue weighted by Crippen LogP contribution is -2.34. The van der Waals surface area contributed by atoms with Crippen molar-refractivity contribution >= 4 is 11.6 Å². The molecule has 2 aromatic carbocycles. The van der Waals surface area contributed by atoms with Crippen LogP contribution in [0, 0.1) is 18.2 Å². The van der Waals surface area contributed by atoms with E-state index in [1.165, 1.54) is 12.1 Å². The quantitative estimate of drug-likeness (QED) is 0.615. The highest BCUT2D eigenvalue weighted by Crippen LogP contribution is 2.50. The van der Waals surface area contributed by atoms with Crippen LogP contribution in [0.3, 0.4) is 0 Å². The summed E-state index contributed by atoms with van der Waals surface area (Å²) in [5.41, 5.74) is 5.47. The fourth-order valence-corrected chi connectivity index (χ4v) is 4.82. The van der Waals surface area contributed by atoms with Gasteiger partial charge in [0.05, 0.1) is 11.4 Å². The largest absolute Gasteiger partial charge is 0.343 e. The summed E-state index contributed by atoms with van der Waals surface area (Å²) in [4.78, 5) is 13.3. The van der Waals surface area contributed by atoms with Crippen molar-refractivity contribution in [3.63, 3.8) is 0 Å². The molecule has 0 radical (unpaired) electrons. The smallest absolute Gasteiger partial charge is 0.162 e. The summed E-state index contributed by atoms with van der Waals surface area (Å²) in [7, 11) is 0. The molecule has 30 heavy (non-hydrogen) atoms. The van der Waals surface area contributed by atoms with E-state index in [9.17, 15) is 9.18 Å². The Morgan fingerprint density at radius 2 is 1.77 bits per heavy atom. The van der Waals surface area contributed by atoms with Crippen molar-refractivity contribution in [1.82, 2.24) is 9.78 Å². The van der Waals surface area contributed by atoms with Crippen molar-refractivity contribution in [3.05, 3.63) is 88.5 Å². The van der Waals surface area contributed by atoms with Gasteiger partial charge in [0, 0.05) is 29.2 Å². The molecule has 4 nitrogen and oxygen atoms in total. The lowest BCUT2D eigenvalue weighted by atomic mass is 9.69. The van der Waals surface area contributed by atoms with Gasteiger partial charge in [0.15, 0.2) is 5.78 Å². The highest BCUT2D eigenvalue weighted by Gasteiger charge is 2.42. The molecule has 1 aliphatic heterocycles. The van der Waals surface area contributed by atoms with Gasteiger partial charge >= 0.3 is 0 Å². The number of nitrogens with zero attached hydrogens (tertiary/aromatic N) is 2. The van der Waals surface area contributed by atoms with Crippen LogP contribution in [0.25, 0.3) is 5.69 Å². The Morgan fingerprint density at radius 1 is 1.07 bits per heavy atom. The summed E-state index contributed by atoms with van der Waals surface area (Å²) in [5.74, 6) is 0.617. The highest BCUT2D eigenvalue weighted by molar-refractivity contribution is 6.01. The lowest BCUT2D eigenvalue weighted by molar-refractivity contribution is -0.118. The molecule has 1 atom stereocenters. The summed E-state index contributed by atoms with van der Waals surface area (Å²) in [6.45, 7) is 6.23. The molecule has 1 aromatic heterocycles. The maximum atomic E-state index is 13.5. The van der Waals surface area contributed by atoms with Crippen molar-refractivity contribution in [2.45, 2.75) is 39.5 Å². The standard InChI is InChI=1S/C25H24FN3O/c1-15-21-22(16-7-5-4-6-8-16)23-19(13-25(2,3)14-20(23)30)27-24(21)29(28-15)18-11-9-17(26)10-12-18/h4-12,22,27H,13-14H2,1-3H3/t22-/m0/s1. The predicted octanol–water partition coefficient (Wildman–Crippen LogP) is 5.52. The van der Waals surface area contributed by atoms with Crippen molar-refractivity contribution < 1.29 is 9.18 Å². The van der Waals surface area contributed by atoms with Gasteiger partial charge in [-0.3, -0.25) is 4.79 Å². The Morgan fingerprint density at radius 3 is 2.47 bits per heavy atom. The molecular formula is C25H24FN3O. The van der Waals surface area contributed by atoms with E-state index in [0.29, 0.717) is 6.42 Å². The fourth-order valence-electron chi connectivity index (χ4n) is 4.82. The zero-order valence-corrected chi connectivity index (χ0v) is 17.4. The number of fused-ring (bicyclic) bond motifs is 1. The van der Waals surface area contributed by atoms with E-state index in [-0.39, 0.29) is 22.9 Å². The molecule has 3 aromatic rings. The number of ketones is 1. The van der Waals surface area contributed by atoms with Gasteiger partial charge in [-0.25, -0.2) is 9.07 Å². The first-order chi connectivity index (χ1) is 14.3. The number of rotatable bonds is 2. The molecule has 0 bridgehead atoms. The van der Waals surface area contributed by atoms with Gasteiger partial charge in [0.2, 0.25) is 0 Å². The molecule has 0 saturated heterocycles. The number of hydrogen-bond acceptors (Lipinski definition) is 3. The Hall–Kier alpha value is -3.21. The second-order valence-electron chi connectivity index (χ2n) is 9.04. The number of aromatic nitrogens is 2. The number of hydrogen-bond donors (Lipinski definition) is 1. The van der Waals surface area contributed by atoms with E-state index >= 15 is 0 Å². The van der Waals surface area contributed by atoms with Crippen molar-refractivity contribution in [3.8, 4) is 5.69 Å². The summed E-state index contributed by atoms with van der Waals surface area (Å²) >= 11 is 0. The number of carbonyl (C=O) groups is 1. The number of halogens is 1. The third-order valence-corrected chi connectivity index (χ3v) is 6.08. The monoisotopic (exact) mass is 401 g/mol. The average molecular weight is 401 g/mol.